The summed E-state index contributed by atoms with van der Waals surface area (Å²) in [4.78, 5) is 11.8. The molecule has 0 spiro atoms. The summed E-state index contributed by atoms with van der Waals surface area (Å²) in [6.07, 6.45) is 6.73. The van der Waals surface area contributed by atoms with Gasteiger partial charge in [0.15, 0.2) is 0 Å². The lowest BCUT2D eigenvalue weighted by Gasteiger charge is -2.12. The predicted molar refractivity (Wildman–Crippen MR) is 65.2 cm³/mol. The Balaban J connectivity index is 1.91. The Bertz CT molecular complexity index is 290. The van der Waals surface area contributed by atoms with Gasteiger partial charge in [0.2, 0.25) is 5.91 Å². The first-order valence-corrected chi connectivity index (χ1v) is 6.54. The average Bonchev–Trinajstić information content (AvgIpc) is 2.83. The monoisotopic (exact) mass is 222 g/mol. The van der Waals surface area contributed by atoms with Gasteiger partial charge in [0, 0.05) is 6.54 Å². The van der Waals surface area contributed by atoms with Crippen molar-refractivity contribution in [1.29, 1.82) is 0 Å². The summed E-state index contributed by atoms with van der Waals surface area (Å²) in [7, 11) is 0. The third-order valence-corrected chi connectivity index (χ3v) is 3.61. The number of rotatable bonds is 4. The van der Waals surface area contributed by atoms with E-state index in [1.807, 2.05) is 0 Å². The minimum atomic E-state index is 0.211. The third-order valence-electron chi connectivity index (χ3n) is 3.61. The van der Waals surface area contributed by atoms with Crippen LogP contribution in [0.15, 0.2) is 5.10 Å². The molecule has 16 heavy (non-hydrogen) atoms. The van der Waals surface area contributed by atoms with Gasteiger partial charge in [0.1, 0.15) is 0 Å². The number of hydrazone groups is 1. The highest BCUT2D eigenvalue weighted by Gasteiger charge is 2.30. The van der Waals surface area contributed by atoms with E-state index in [1.165, 1.54) is 25.7 Å². The van der Waals surface area contributed by atoms with E-state index in [4.69, 9.17) is 0 Å². The Morgan fingerprint density at radius 1 is 1.38 bits per heavy atom. The highest BCUT2D eigenvalue weighted by Crippen LogP contribution is 2.29. The molecule has 0 radical (unpaired) electrons. The topological polar surface area (TPSA) is 32.7 Å². The van der Waals surface area contributed by atoms with Crippen molar-refractivity contribution in [2.75, 3.05) is 6.54 Å². The molecule has 0 saturated heterocycles. The largest absolute Gasteiger partial charge is 0.273 e. The standard InChI is InChI=1S/C13H22N2O/c1-10(2)7-8-15-13(16)9-12(14-15)11-5-3-4-6-11/h10-11H,3-9H2,1-2H3. The third kappa shape index (κ3) is 2.63. The van der Waals surface area contributed by atoms with E-state index < -0.39 is 0 Å². The second kappa shape index (κ2) is 4.98. The van der Waals surface area contributed by atoms with E-state index in [-0.39, 0.29) is 5.91 Å². The molecular weight excluding hydrogens is 200 g/mol. The molecule has 0 atom stereocenters. The fraction of sp³-hybridized carbons (Fsp3) is 0.846. The van der Waals surface area contributed by atoms with Crippen molar-refractivity contribution in [3.8, 4) is 0 Å². The molecule has 0 aromatic heterocycles. The van der Waals surface area contributed by atoms with Crippen LogP contribution in [0.25, 0.3) is 0 Å². The lowest BCUT2D eigenvalue weighted by molar-refractivity contribution is -0.128. The van der Waals surface area contributed by atoms with Crippen LogP contribution < -0.4 is 0 Å². The van der Waals surface area contributed by atoms with E-state index in [2.05, 4.69) is 18.9 Å². The molecule has 1 saturated carbocycles. The maximum absolute atomic E-state index is 11.8. The second-order valence-corrected chi connectivity index (χ2v) is 5.45. The maximum Gasteiger partial charge on any atom is 0.248 e. The molecule has 1 fully saturated rings. The zero-order chi connectivity index (χ0) is 11.5. The van der Waals surface area contributed by atoms with Gasteiger partial charge in [-0.05, 0) is 31.1 Å². The SMILES string of the molecule is CC(C)CCN1N=C(C2CCCC2)CC1=O. The summed E-state index contributed by atoms with van der Waals surface area (Å²) in [5.74, 6) is 1.45. The van der Waals surface area contributed by atoms with Crippen LogP contribution in [-0.4, -0.2) is 23.2 Å². The Labute approximate surface area is 97.9 Å². The van der Waals surface area contributed by atoms with Crippen LogP contribution in [0.1, 0.15) is 52.4 Å². The molecule has 1 aliphatic heterocycles. The first-order chi connectivity index (χ1) is 7.66. The van der Waals surface area contributed by atoms with Crippen LogP contribution in [0.4, 0.5) is 0 Å². The molecule has 0 aromatic carbocycles. The zero-order valence-corrected chi connectivity index (χ0v) is 10.4. The number of carbonyl (C=O) groups is 1. The molecule has 0 bridgehead atoms. The van der Waals surface area contributed by atoms with Crippen molar-refractivity contribution in [3.63, 3.8) is 0 Å². The first kappa shape index (κ1) is 11.6. The quantitative estimate of drug-likeness (QED) is 0.720. The van der Waals surface area contributed by atoms with Crippen LogP contribution in [-0.2, 0) is 4.79 Å². The normalized spacial score (nSPS) is 22.3. The molecule has 1 amide bonds. The Kier molecular flexibility index (Phi) is 3.62. The lowest BCUT2D eigenvalue weighted by atomic mass is 10.00. The fourth-order valence-electron chi connectivity index (χ4n) is 2.53. The second-order valence-electron chi connectivity index (χ2n) is 5.45. The highest BCUT2D eigenvalue weighted by atomic mass is 16.2. The maximum atomic E-state index is 11.8. The van der Waals surface area contributed by atoms with Gasteiger partial charge in [-0.25, -0.2) is 5.01 Å². The lowest BCUT2D eigenvalue weighted by Crippen LogP contribution is -2.22. The molecule has 90 valence electrons. The van der Waals surface area contributed by atoms with Gasteiger partial charge >= 0.3 is 0 Å². The molecule has 1 heterocycles. The predicted octanol–water partition coefficient (Wildman–Crippen LogP) is 2.81. The van der Waals surface area contributed by atoms with Gasteiger partial charge < -0.3 is 0 Å². The van der Waals surface area contributed by atoms with Gasteiger partial charge in [0.25, 0.3) is 0 Å². The number of carbonyl (C=O) groups excluding carboxylic acids is 1. The van der Waals surface area contributed by atoms with Crippen molar-refractivity contribution in [3.05, 3.63) is 0 Å². The summed E-state index contributed by atoms with van der Waals surface area (Å²) in [5.41, 5.74) is 1.16. The number of hydrogen-bond acceptors (Lipinski definition) is 2. The van der Waals surface area contributed by atoms with Crippen molar-refractivity contribution >= 4 is 11.6 Å². The van der Waals surface area contributed by atoms with Crippen LogP contribution in [0.3, 0.4) is 0 Å². The fourth-order valence-corrected chi connectivity index (χ4v) is 2.53. The van der Waals surface area contributed by atoms with E-state index >= 15 is 0 Å². The summed E-state index contributed by atoms with van der Waals surface area (Å²) in [5, 5.41) is 6.23. The minimum absolute atomic E-state index is 0.211. The van der Waals surface area contributed by atoms with E-state index in [9.17, 15) is 4.79 Å². The van der Waals surface area contributed by atoms with Crippen LogP contribution in [0.5, 0.6) is 0 Å². The molecule has 0 aromatic rings. The van der Waals surface area contributed by atoms with Crippen molar-refractivity contribution in [2.24, 2.45) is 16.9 Å². The molecule has 0 N–H and O–H groups in total. The van der Waals surface area contributed by atoms with Gasteiger partial charge in [-0.1, -0.05) is 26.7 Å². The number of amides is 1. The molecule has 3 nitrogen and oxygen atoms in total. The highest BCUT2D eigenvalue weighted by molar-refractivity contribution is 6.06. The Morgan fingerprint density at radius 2 is 2.06 bits per heavy atom. The Hall–Kier alpha value is -0.860. The number of nitrogens with zero attached hydrogens (tertiary/aromatic N) is 2. The van der Waals surface area contributed by atoms with Gasteiger partial charge in [0.05, 0.1) is 12.1 Å². The summed E-state index contributed by atoms with van der Waals surface area (Å²) < 4.78 is 0. The molecule has 2 aliphatic rings. The van der Waals surface area contributed by atoms with Gasteiger partial charge in [-0.15, -0.1) is 0 Å². The molecular formula is C13H22N2O. The molecule has 0 unspecified atom stereocenters. The van der Waals surface area contributed by atoms with Gasteiger partial charge in [-0.3, -0.25) is 4.79 Å². The van der Waals surface area contributed by atoms with Crippen LogP contribution >= 0.6 is 0 Å². The summed E-state index contributed by atoms with van der Waals surface area (Å²) in [6.45, 7) is 5.16. The van der Waals surface area contributed by atoms with Crippen molar-refractivity contribution < 1.29 is 4.79 Å². The number of hydrogen-bond donors (Lipinski definition) is 0. The molecule has 1 aliphatic carbocycles. The van der Waals surface area contributed by atoms with Crippen molar-refractivity contribution in [1.82, 2.24) is 5.01 Å². The smallest absolute Gasteiger partial charge is 0.248 e. The Morgan fingerprint density at radius 3 is 2.69 bits per heavy atom. The van der Waals surface area contributed by atoms with Gasteiger partial charge in [-0.2, -0.15) is 5.10 Å². The summed E-state index contributed by atoms with van der Waals surface area (Å²) in [6, 6.07) is 0. The zero-order valence-electron chi connectivity index (χ0n) is 10.4. The van der Waals surface area contributed by atoms with E-state index in [0.717, 1.165) is 18.7 Å². The van der Waals surface area contributed by atoms with Crippen molar-refractivity contribution in [2.45, 2.75) is 52.4 Å². The average molecular weight is 222 g/mol. The van der Waals surface area contributed by atoms with Crippen LogP contribution in [0, 0.1) is 11.8 Å². The molecule has 2 rings (SSSR count). The summed E-state index contributed by atoms with van der Waals surface area (Å²) >= 11 is 0. The van der Waals surface area contributed by atoms with E-state index in [0.29, 0.717) is 18.3 Å². The van der Waals surface area contributed by atoms with Crippen LogP contribution in [0.2, 0.25) is 0 Å². The van der Waals surface area contributed by atoms with E-state index in [1.54, 1.807) is 5.01 Å². The minimum Gasteiger partial charge on any atom is -0.273 e. The first-order valence-electron chi connectivity index (χ1n) is 6.54. The molecule has 3 heteroatoms.